The molecule has 114 valence electrons. The molecule has 2 aliphatic rings. The molecule has 7 heteroatoms. The van der Waals surface area contributed by atoms with E-state index < -0.39 is 13.3 Å². The first kappa shape index (κ1) is 14.7. The first-order chi connectivity index (χ1) is 9.78. The highest BCUT2D eigenvalue weighted by Crippen LogP contribution is 2.36. The SMILES string of the molecule is CC1(C)OB(c2cnc(N3CC[C@H](F)C3)nc2)OC1(C)C. The van der Waals surface area contributed by atoms with Crippen molar-refractivity contribution in [2.24, 2.45) is 0 Å². The van der Waals surface area contributed by atoms with E-state index in [0.717, 1.165) is 5.46 Å². The molecule has 2 fully saturated rings. The predicted molar refractivity (Wildman–Crippen MR) is 79.5 cm³/mol. The fourth-order valence-corrected chi connectivity index (χ4v) is 2.49. The highest BCUT2D eigenvalue weighted by molar-refractivity contribution is 6.61. The van der Waals surface area contributed by atoms with Gasteiger partial charge in [-0.25, -0.2) is 14.4 Å². The van der Waals surface area contributed by atoms with Gasteiger partial charge >= 0.3 is 7.12 Å². The Morgan fingerprint density at radius 1 is 1.19 bits per heavy atom. The molecule has 1 atom stereocenters. The van der Waals surface area contributed by atoms with E-state index in [1.165, 1.54) is 0 Å². The van der Waals surface area contributed by atoms with E-state index in [9.17, 15) is 4.39 Å². The van der Waals surface area contributed by atoms with Crippen LogP contribution >= 0.6 is 0 Å². The van der Waals surface area contributed by atoms with E-state index in [-0.39, 0.29) is 11.2 Å². The van der Waals surface area contributed by atoms with E-state index >= 15 is 0 Å². The molecule has 0 aliphatic carbocycles. The number of nitrogens with zero attached hydrogens (tertiary/aromatic N) is 3. The van der Waals surface area contributed by atoms with Crippen LogP contribution in [-0.2, 0) is 9.31 Å². The Hall–Kier alpha value is -1.21. The lowest BCUT2D eigenvalue weighted by Gasteiger charge is -2.32. The smallest absolute Gasteiger partial charge is 0.399 e. The number of halogens is 1. The molecule has 21 heavy (non-hydrogen) atoms. The Bertz CT molecular complexity index is 507. The molecule has 0 N–H and O–H groups in total. The molecule has 3 rings (SSSR count). The molecule has 2 saturated heterocycles. The first-order valence-corrected chi connectivity index (χ1v) is 7.35. The maximum atomic E-state index is 13.2. The molecule has 0 saturated carbocycles. The van der Waals surface area contributed by atoms with Crippen LogP contribution in [0.4, 0.5) is 10.3 Å². The highest BCUT2D eigenvalue weighted by atomic mass is 19.1. The van der Waals surface area contributed by atoms with Crippen molar-refractivity contribution in [2.45, 2.75) is 51.5 Å². The van der Waals surface area contributed by atoms with Crippen LogP contribution < -0.4 is 10.4 Å². The van der Waals surface area contributed by atoms with Gasteiger partial charge in [0.15, 0.2) is 0 Å². The Morgan fingerprint density at radius 3 is 2.24 bits per heavy atom. The first-order valence-electron chi connectivity index (χ1n) is 7.35. The van der Waals surface area contributed by atoms with Crippen molar-refractivity contribution in [3.05, 3.63) is 12.4 Å². The number of hydrogen-bond donors (Lipinski definition) is 0. The lowest BCUT2D eigenvalue weighted by atomic mass is 9.81. The summed E-state index contributed by atoms with van der Waals surface area (Å²) >= 11 is 0. The van der Waals surface area contributed by atoms with Gasteiger partial charge in [0.25, 0.3) is 0 Å². The quantitative estimate of drug-likeness (QED) is 0.770. The number of anilines is 1. The second-order valence-corrected chi connectivity index (χ2v) is 6.74. The normalized spacial score (nSPS) is 27.4. The van der Waals surface area contributed by atoms with Crippen LogP contribution in [0, 0.1) is 0 Å². The lowest BCUT2D eigenvalue weighted by Crippen LogP contribution is -2.41. The number of hydrogen-bond acceptors (Lipinski definition) is 5. The minimum Gasteiger partial charge on any atom is -0.399 e. The van der Waals surface area contributed by atoms with Crippen LogP contribution in [0.1, 0.15) is 34.1 Å². The maximum Gasteiger partial charge on any atom is 0.498 e. The van der Waals surface area contributed by atoms with Crippen molar-refractivity contribution < 1.29 is 13.7 Å². The summed E-state index contributed by atoms with van der Waals surface area (Å²) in [7, 11) is -0.462. The molecule has 1 aromatic rings. The number of alkyl halides is 1. The number of aromatic nitrogens is 2. The van der Waals surface area contributed by atoms with E-state index in [1.54, 1.807) is 12.4 Å². The zero-order valence-corrected chi connectivity index (χ0v) is 13.0. The molecule has 0 spiro atoms. The average molecular weight is 293 g/mol. The van der Waals surface area contributed by atoms with Crippen LogP contribution in [0.2, 0.25) is 0 Å². The molecule has 0 bridgehead atoms. The minimum atomic E-state index is -0.781. The summed E-state index contributed by atoms with van der Waals surface area (Å²) in [5.41, 5.74) is 0.0211. The molecule has 0 unspecified atom stereocenters. The molecule has 2 aliphatic heterocycles. The van der Waals surface area contributed by atoms with E-state index in [0.29, 0.717) is 25.5 Å². The van der Waals surface area contributed by atoms with Gasteiger partial charge in [-0.1, -0.05) is 0 Å². The monoisotopic (exact) mass is 293 g/mol. The summed E-state index contributed by atoms with van der Waals surface area (Å²) in [6.07, 6.45) is 3.17. The third kappa shape index (κ3) is 2.64. The topological polar surface area (TPSA) is 47.5 Å². The van der Waals surface area contributed by atoms with Crippen molar-refractivity contribution in [3.63, 3.8) is 0 Å². The molecular weight excluding hydrogens is 272 g/mol. The third-order valence-electron chi connectivity index (χ3n) is 4.60. The summed E-state index contributed by atoms with van der Waals surface area (Å²) in [6, 6.07) is 0. The molecule has 0 aromatic carbocycles. The Morgan fingerprint density at radius 2 is 1.76 bits per heavy atom. The predicted octanol–water partition coefficient (Wildman–Crippen LogP) is 1.32. The van der Waals surface area contributed by atoms with E-state index in [2.05, 4.69) is 9.97 Å². The fraction of sp³-hybridized carbons (Fsp3) is 0.714. The van der Waals surface area contributed by atoms with Crippen LogP contribution in [0.25, 0.3) is 0 Å². The second-order valence-electron chi connectivity index (χ2n) is 6.74. The Labute approximate surface area is 125 Å². The van der Waals surface area contributed by atoms with Gasteiger partial charge in [-0.3, -0.25) is 0 Å². The Kier molecular flexibility index (Phi) is 3.45. The summed E-state index contributed by atoms with van der Waals surface area (Å²) < 4.78 is 25.1. The average Bonchev–Trinajstić information content (AvgIpc) is 2.92. The zero-order chi connectivity index (χ0) is 15.3. The van der Waals surface area contributed by atoms with Crippen molar-refractivity contribution in [1.29, 1.82) is 0 Å². The highest BCUT2D eigenvalue weighted by Gasteiger charge is 2.52. The largest absolute Gasteiger partial charge is 0.498 e. The van der Waals surface area contributed by atoms with Crippen molar-refractivity contribution in [1.82, 2.24) is 9.97 Å². The zero-order valence-electron chi connectivity index (χ0n) is 13.0. The molecule has 3 heterocycles. The van der Waals surface area contributed by atoms with Crippen molar-refractivity contribution >= 4 is 18.5 Å². The molecular formula is C14H21BFN3O2. The number of rotatable bonds is 2. The van der Waals surface area contributed by atoms with Gasteiger partial charge in [-0.15, -0.1) is 0 Å². The van der Waals surface area contributed by atoms with Gasteiger partial charge in [0.2, 0.25) is 5.95 Å². The van der Waals surface area contributed by atoms with Gasteiger partial charge in [0, 0.05) is 24.4 Å². The Balaban J connectivity index is 1.74. The standard InChI is InChI=1S/C14H21BFN3O2/c1-13(2)14(3,4)21-15(20-13)10-7-17-12(18-8-10)19-6-5-11(16)9-19/h7-8,11H,5-6,9H2,1-4H3/t11-/m0/s1. The minimum absolute atomic E-state index is 0.371. The molecule has 0 radical (unpaired) electrons. The van der Waals surface area contributed by atoms with Crippen LogP contribution in [0.15, 0.2) is 12.4 Å². The second kappa shape index (κ2) is 4.92. The molecule has 1 aromatic heterocycles. The van der Waals surface area contributed by atoms with Crippen LogP contribution in [-0.4, -0.2) is 47.5 Å². The van der Waals surface area contributed by atoms with Crippen LogP contribution in [0.5, 0.6) is 0 Å². The van der Waals surface area contributed by atoms with Crippen molar-refractivity contribution in [3.8, 4) is 0 Å². The van der Waals surface area contributed by atoms with Crippen molar-refractivity contribution in [2.75, 3.05) is 18.0 Å². The van der Waals surface area contributed by atoms with E-state index in [1.807, 2.05) is 32.6 Å². The maximum absolute atomic E-state index is 13.2. The van der Waals surface area contributed by atoms with Crippen LogP contribution in [0.3, 0.4) is 0 Å². The summed E-state index contributed by atoms with van der Waals surface area (Å²) in [5, 5.41) is 0. The third-order valence-corrected chi connectivity index (χ3v) is 4.60. The molecule has 5 nitrogen and oxygen atoms in total. The van der Waals surface area contributed by atoms with Gasteiger partial charge in [-0.2, -0.15) is 0 Å². The fourth-order valence-electron chi connectivity index (χ4n) is 2.49. The van der Waals surface area contributed by atoms with E-state index in [4.69, 9.17) is 9.31 Å². The van der Waals surface area contributed by atoms with Gasteiger partial charge < -0.3 is 14.2 Å². The van der Waals surface area contributed by atoms with Gasteiger partial charge in [0.1, 0.15) is 6.17 Å². The van der Waals surface area contributed by atoms with Gasteiger partial charge in [-0.05, 0) is 34.1 Å². The van der Waals surface area contributed by atoms with Gasteiger partial charge in [0.05, 0.1) is 17.7 Å². The summed E-state index contributed by atoms with van der Waals surface area (Å²) in [5.74, 6) is 0.565. The lowest BCUT2D eigenvalue weighted by molar-refractivity contribution is 0.00578. The molecule has 0 amide bonds. The summed E-state index contributed by atoms with van der Waals surface area (Å²) in [6.45, 7) is 9.07. The summed E-state index contributed by atoms with van der Waals surface area (Å²) in [4.78, 5) is 10.5.